The van der Waals surface area contributed by atoms with Gasteiger partial charge in [0, 0.05) is 30.8 Å². The van der Waals surface area contributed by atoms with Crippen molar-refractivity contribution in [2.24, 2.45) is 11.8 Å². The number of alkyl halides is 3. The Balaban J connectivity index is 1.25. The molecule has 2 N–H and O–H groups in total. The van der Waals surface area contributed by atoms with Crippen LogP contribution in [0, 0.1) is 11.8 Å². The van der Waals surface area contributed by atoms with Gasteiger partial charge >= 0.3 is 6.18 Å². The van der Waals surface area contributed by atoms with Crippen LogP contribution in [0.2, 0.25) is 0 Å². The van der Waals surface area contributed by atoms with Gasteiger partial charge < -0.3 is 19.8 Å². The minimum atomic E-state index is -4.47. The van der Waals surface area contributed by atoms with Crippen molar-refractivity contribution in [3.05, 3.63) is 64.7 Å². The number of nitrogens with zero attached hydrogens (tertiary/aromatic N) is 2. The number of hydrogen-bond donors (Lipinski definition) is 2. The Hall–Kier alpha value is -3.04. The summed E-state index contributed by atoms with van der Waals surface area (Å²) in [4.78, 5) is 18.2. The molecule has 6 nitrogen and oxygen atoms in total. The number of carbonyl (C=O) groups is 1. The van der Waals surface area contributed by atoms with E-state index in [-0.39, 0.29) is 29.7 Å². The molecule has 1 amide bonds. The minimum Gasteiger partial charge on any atom is -0.504 e. The normalized spacial score (nSPS) is 31.3. The first kappa shape index (κ1) is 28.7. The minimum absolute atomic E-state index is 0.0497. The number of piperidine rings is 1. The maximum absolute atomic E-state index is 13.9. The summed E-state index contributed by atoms with van der Waals surface area (Å²) in [6.45, 7) is 6.27. The molecule has 1 saturated heterocycles. The third kappa shape index (κ3) is 4.48. The monoisotopic (exact) mass is 596 g/mol. The first-order valence-electron chi connectivity index (χ1n) is 15.6. The van der Waals surface area contributed by atoms with Crippen LogP contribution in [0.4, 0.5) is 13.2 Å². The van der Waals surface area contributed by atoms with Gasteiger partial charge in [-0.25, -0.2) is 0 Å². The van der Waals surface area contributed by atoms with Gasteiger partial charge in [0.15, 0.2) is 11.5 Å². The molecule has 9 heteroatoms. The standard InChI is InChI=1S/C34H39F3N2O4/c1-20(2)18-39(28(41)11-8-21-4-3-5-24(16-21)34(35,36)37)25-12-13-33(42)27-17-23-9-10-26(40)30-29(23)32(33,31(25)43-30)14-15-38(27)19-22-6-7-22/h3-5,8-11,16,20,22,25,27,31,40,42H,6-7,12-15,17-19H2,1-2H3/b11-8+/t25?,27-,31?,32+,33-/m1/s1. The van der Waals surface area contributed by atoms with Crippen molar-refractivity contribution < 1.29 is 32.9 Å². The van der Waals surface area contributed by atoms with E-state index in [0.29, 0.717) is 49.5 Å². The lowest BCUT2D eigenvalue weighted by molar-refractivity contribution is -0.201. The van der Waals surface area contributed by atoms with Gasteiger partial charge in [-0.1, -0.05) is 32.0 Å². The summed E-state index contributed by atoms with van der Waals surface area (Å²) in [5.41, 5.74) is -0.294. The van der Waals surface area contributed by atoms with E-state index in [2.05, 4.69) is 4.90 Å². The summed E-state index contributed by atoms with van der Waals surface area (Å²) in [6.07, 6.45) is 2.61. The number of benzene rings is 2. The average Bonchev–Trinajstić information content (AvgIpc) is 3.70. The largest absolute Gasteiger partial charge is 0.504 e. The van der Waals surface area contributed by atoms with Gasteiger partial charge in [-0.15, -0.1) is 0 Å². The van der Waals surface area contributed by atoms with E-state index in [1.165, 1.54) is 31.1 Å². The van der Waals surface area contributed by atoms with Crippen LogP contribution in [-0.4, -0.2) is 69.3 Å². The van der Waals surface area contributed by atoms with Crippen LogP contribution in [0.25, 0.3) is 6.08 Å². The molecule has 3 fully saturated rings. The molecule has 2 heterocycles. The number of amides is 1. The highest BCUT2D eigenvalue weighted by molar-refractivity contribution is 5.92. The van der Waals surface area contributed by atoms with E-state index in [1.54, 1.807) is 17.0 Å². The lowest BCUT2D eigenvalue weighted by Crippen LogP contribution is -2.78. The number of halogens is 3. The van der Waals surface area contributed by atoms with Crippen LogP contribution in [0.15, 0.2) is 42.5 Å². The van der Waals surface area contributed by atoms with Crippen molar-refractivity contribution in [2.75, 3.05) is 19.6 Å². The average molecular weight is 597 g/mol. The molecular formula is C34H39F3N2O4. The highest BCUT2D eigenvalue weighted by Crippen LogP contribution is 2.66. The smallest absolute Gasteiger partial charge is 0.416 e. The second kappa shape index (κ2) is 9.99. The van der Waals surface area contributed by atoms with Gasteiger partial charge in [0.25, 0.3) is 0 Å². The van der Waals surface area contributed by atoms with Gasteiger partial charge in [0.2, 0.25) is 5.91 Å². The first-order chi connectivity index (χ1) is 20.4. The van der Waals surface area contributed by atoms with Gasteiger partial charge in [-0.3, -0.25) is 9.69 Å². The van der Waals surface area contributed by atoms with E-state index in [4.69, 9.17) is 4.74 Å². The fourth-order valence-electron chi connectivity index (χ4n) is 8.64. The number of aromatic hydroxyl groups is 1. The Morgan fingerprint density at radius 3 is 2.70 bits per heavy atom. The molecule has 43 heavy (non-hydrogen) atoms. The molecule has 2 aromatic carbocycles. The molecule has 2 aliphatic heterocycles. The van der Waals surface area contributed by atoms with Crippen LogP contribution in [0.3, 0.4) is 0 Å². The van der Waals surface area contributed by atoms with Crippen LogP contribution in [0.5, 0.6) is 11.5 Å². The van der Waals surface area contributed by atoms with Crippen molar-refractivity contribution in [1.82, 2.24) is 9.80 Å². The number of likely N-dealkylation sites (tertiary alicyclic amines) is 1. The van der Waals surface area contributed by atoms with Crippen LogP contribution >= 0.6 is 0 Å². The van der Waals surface area contributed by atoms with Crippen molar-refractivity contribution in [3.8, 4) is 11.5 Å². The molecule has 0 aromatic heterocycles. The number of ether oxygens (including phenoxy) is 1. The third-order valence-electron chi connectivity index (χ3n) is 10.6. The SMILES string of the molecule is CC(C)CN(C(=O)/C=C/c1cccc(C(F)(F)F)c1)C1CC[C@@]2(O)[C@H]3Cc4ccc(O)c5c4[C@@]2(CCN3CC2CC2)C1O5. The second-order valence-corrected chi connectivity index (χ2v) is 13.7. The summed E-state index contributed by atoms with van der Waals surface area (Å²) in [5.74, 6) is 0.980. The number of phenolic OH excluding ortho intramolecular Hbond substituents is 1. The molecular weight excluding hydrogens is 557 g/mol. The zero-order chi connectivity index (χ0) is 30.3. The van der Waals surface area contributed by atoms with E-state index in [1.807, 2.05) is 19.9 Å². The molecule has 2 bridgehead atoms. The van der Waals surface area contributed by atoms with E-state index in [9.17, 15) is 28.2 Å². The van der Waals surface area contributed by atoms with Crippen molar-refractivity contribution in [3.63, 3.8) is 0 Å². The lowest BCUT2D eigenvalue weighted by Gasteiger charge is -2.65. The summed E-state index contributed by atoms with van der Waals surface area (Å²) in [7, 11) is 0. The van der Waals surface area contributed by atoms with Crippen LogP contribution < -0.4 is 4.74 Å². The van der Waals surface area contributed by atoms with Crippen molar-refractivity contribution >= 4 is 12.0 Å². The molecule has 1 spiro atoms. The third-order valence-corrected chi connectivity index (χ3v) is 10.6. The van der Waals surface area contributed by atoms with Gasteiger partial charge in [0.05, 0.1) is 22.6 Å². The topological polar surface area (TPSA) is 73.2 Å². The molecule has 7 rings (SSSR count). The summed E-state index contributed by atoms with van der Waals surface area (Å²) in [5, 5.41) is 23.7. The first-order valence-corrected chi connectivity index (χ1v) is 15.6. The fraction of sp³-hybridized carbons (Fsp3) is 0.559. The highest BCUT2D eigenvalue weighted by Gasteiger charge is 2.73. The fourth-order valence-corrected chi connectivity index (χ4v) is 8.64. The van der Waals surface area contributed by atoms with Gasteiger partial charge in [-0.05, 0) is 92.3 Å². The van der Waals surface area contributed by atoms with Crippen LogP contribution in [-0.2, 0) is 22.8 Å². The van der Waals surface area contributed by atoms with Crippen molar-refractivity contribution in [2.45, 2.75) is 87.8 Å². The Morgan fingerprint density at radius 2 is 1.98 bits per heavy atom. The maximum Gasteiger partial charge on any atom is 0.416 e. The van der Waals surface area contributed by atoms with E-state index < -0.39 is 28.9 Å². The Kier molecular flexibility index (Phi) is 6.67. The molecule has 3 aliphatic carbocycles. The molecule has 2 unspecified atom stereocenters. The van der Waals surface area contributed by atoms with Gasteiger partial charge in [-0.2, -0.15) is 13.2 Å². The summed E-state index contributed by atoms with van der Waals surface area (Å²) >= 11 is 0. The Bertz CT molecular complexity index is 1470. The Morgan fingerprint density at radius 1 is 1.19 bits per heavy atom. The predicted octanol–water partition coefficient (Wildman–Crippen LogP) is 5.54. The van der Waals surface area contributed by atoms with E-state index in [0.717, 1.165) is 36.3 Å². The maximum atomic E-state index is 13.9. The highest BCUT2D eigenvalue weighted by atomic mass is 19.4. The zero-order valence-corrected chi connectivity index (χ0v) is 24.6. The quantitative estimate of drug-likeness (QED) is 0.411. The lowest BCUT2D eigenvalue weighted by atomic mass is 9.48. The van der Waals surface area contributed by atoms with E-state index >= 15 is 0 Å². The predicted molar refractivity (Wildman–Crippen MR) is 156 cm³/mol. The molecule has 2 saturated carbocycles. The number of rotatable bonds is 7. The molecule has 2 aromatic rings. The molecule has 230 valence electrons. The second-order valence-electron chi connectivity index (χ2n) is 13.7. The molecule has 0 radical (unpaired) electrons. The zero-order valence-electron chi connectivity index (χ0n) is 24.6. The van der Waals surface area contributed by atoms with Crippen LogP contribution in [0.1, 0.15) is 68.2 Å². The van der Waals surface area contributed by atoms with Crippen molar-refractivity contribution in [1.29, 1.82) is 0 Å². The number of hydrogen-bond acceptors (Lipinski definition) is 5. The number of phenols is 1. The number of carbonyl (C=O) groups excluding carboxylic acids is 1. The summed E-state index contributed by atoms with van der Waals surface area (Å²) < 4.78 is 46.5. The number of aliphatic hydroxyl groups is 1. The van der Waals surface area contributed by atoms with Gasteiger partial charge in [0.1, 0.15) is 6.10 Å². The molecule has 5 atom stereocenters. The Labute approximate surface area is 250 Å². The summed E-state index contributed by atoms with van der Waals surface area (Å²) in [6, 6.07) is 8.13. The molecule has 5 aliphatic rings.